The van der Waals surface area contributed by atoms with E-state index in [0.717, 1.165) is 12.5 Å². The minimum atomic E-state index is 1.09. The number of unbranched alkanes of at least 4 members (excludes halogenated alkanes) is 3. The zero-order valence-corrected chi connectivity index (χ0v) is 21.4. The van der Waals surface area contributed by atoms with Gasteiger partial charge in [-0.05, 0) is 144 Å². The summed E-state index contributed by atoms with van der Waals surface area (Å²) in [5.41, 5.74) is 0. The predicted molar refractivity (Wildman–Crippen MR) is 136 cm³/mol. The van der Waals surface area contributed by atoms with Crippen molar-refractivity contribution >= 4 is 0 Å². The van der Waals surface area contributed by atoms with Gasteiger partial charge >= 0.3 is 0 Å². The van der Waals surface area contributed by atoms with E-state index < -0.39 is 0 Å². The Hall–Kier alpha value is -0.200. The quantitative estimate of drug-likeness (QED) is 0.194. The van der Waals surface area contributed by atoms with Gasteiger partial charge in [-0.2, -0.15) is 0 Å². The molecule has 0 aromatic heterocycles. The van der Waals surface area contributed by atoms with Crippen LogP contribution in [-0.4, -0.2) is 113 Å². The molecular weight excluding hydrogens is 382 g/mol. The smallest absolute Gasteiger partial charge is 0.0110 e. The van der Waals surface area contributed by atoms with Crippen LogP contribution in [0, 0.1) is 5.92 Å². The molecule has 0 radical (unpaired) electrons. The zero-order chi connectivity index (χ0) is 22.2. The van der Waals surface area contributed by atoms with E-state index in [4.69, 9.17) is 0 Å². The Morgan fingerprint density at radius 2 is 1.19 bits per heavy atom. The monoisotopic (exact) mass is 437 g/mol. The summed E-state index contributed by atoms with van der Waals surface area (Å²) >= 11 is 0. The molecule has 1 heterocycles. The van der Waals surface area contributed by atoms with E-state index in [1.807, 2.05) is 0 Å². The molecule has 0 aromatic rings. The van der Waals surface area contributed by atoms with Crippen LogP contribution >= 0.6 is 0 Å². The lowest BCUT2D eigenvalue weighted by atomic mass is 10.2. The van der Waals surface area contributed by atoms with Crippen LogP contribution in [0.4, 0.5) is 0 Å². The second-order valence-electron chi connectivity index (χ2n) is 10.5. The van der Waals surface area contributed by atoms with Gasteiger partial charge in [0.15, 0.2) is 0 Å². The van der Waals surface area contributed by atoms with Gasteiger partial charge in [0.05, 0.1) is 0 Å². The van der Waals surface area contributed by atoms with Crippen LogP contribution in [0.1, 0.15) is 70.6 Å². The molecule has 2 rings (SSSR count). The Labute approximate surface area is 194 Å². The Bertz CT molecular complexity index is 379. The standard InChI is InChI=1S/C26H55N5/c1-27-15-4-5-20-30(21-8-6-16-28(2)18-10-12-26-13-14-26)22-9-7-17-29(3)19-11-23-31-24-25-31/h26-27H,4-25H2,1-3H3. The Morgan fingerprint density at radius 3 is 1.74 bits per heavy atom. The topological polar surface area (TPSA) is 24.8 Å². The highest BCUT2D eigenvalue weighted by atomic mass is 15.3. The van der Waals surface area contributed by atoms with Crippen molar-refractivity contribution in [1.82, 2.24) is 24.9 Å². The second-order valence-corrected chi connectivity index (χ2v) is 10.5. The minimum Gasteiger partial charge on any atom is -0.320 e. The first kappa shape index (κ1) is 27.0. The first-order valence-electron chi connectivity index (χ1n) is 13.6. The third kappa shape index (κ3) is 16.1. The van der Waals surface area contributed by atoms with Gasteiger partial charge in [-0.15, -0.1) is 0 Å². The first-order chi connectivity index (χ1) is 15.2. The predicted octanol–water partition coefficient (Wildman–Crippen LogP) is 3.61. The SMILES string of the molecule is CNCCCCN(CCCCN(C)CCCC1CC1)CCCCN(C)CCCN1CC1. The van der Waals surface area contributed by atoms with Gasteiger partial charge in [0.25, 0.3) is 0 Å². The molecule has 184 valence electrons. The molecule has 0 atom stereocenters. The Morgan fingerprint density at radius 1 is 0.677 bits per heavy atom. The summed E-state index contributed by atoms with van der Waals surface area (Å²) in [6.07, 6.45) is 15.3. The average molecular weight is 438 g/mol. The van der Waals surface area contributed by atoms with Crippen LogP contribution in [0.5, 0.6) is 0 Å². The highest BCUT2D eigenvalue weighted by molar-refractivity contribution is 4.73. The molecule has 0 amide bonds. The van der Waals surface area contributed by atoms with Crippen molar-refractivity contribution in [2.24, 2.45) is 5.92 Å². The maximum absolute atomic E-state index is 3.29. The first-order valence-corrected chi connectivity index (χ1v) is 13.6. The minimum absolute atomic E-state index is 1.09. The highest BCUT2D eigenvalue weighted by Gasteiger charge is 2.20. The summed E-state index contributed by atoms with van der Waals surface area (Å²) in [6.45, 7) is 14.1. The van der Waals surface area contributed by atoms with E-state index in [1.54, 1.807) is 0 Å². The van der Waals surface area contributed by atoms with E-state index in [2.05, 4.69) is 46.1 Å². The van der Waals surface area contributed by atoms with Crippen LogP contribution in [0.3, 0.4) is 0 Å². The third-order valence-corrected chi connectivity index (χ3v) is 7.08. The molecule has 0 aromatic carbocycles. The molecule has 31 heavy (non-hydrogen) atoms. The Balaban J connectivity index is 1.49. The highest BCUT2D eigenvalue weighted by Crippen LogP contribution is 2.33. The maximum Gasteiger partial charge on any atom is 0.0110 e. The Kier molecular flexibility index (Phi) is 15.1. The third-order valence-electron chi connectivity index (χ3n) is 7.08. The zero-order valence-electron chi connectivity index (χ0n) is 21.4. The van der Waals surface area contributed by atoms with Gasteiger partial charge < -0.3 is 24.9 Å². The molecular formula is C26H55N5. The van der Waals surface area contributed by atoms with Crippen molar-refractivity contribution < 1.29 is 0 Å². The molecule has 0 unspecified atom stereocenters. The number of hydrogen-bond donors (Lipinski definition) is 1. The summed E-state index contributed by atoms with van der Waals surface area (Å²) in [5, 5.41) is 3.29. The van der Waals surface area contributed by atoms with Crippen molar-refractivity contribution in [2.75, 3.05) is 93.1 Å². The van der Waals surface area contributed by atoms with E-state index in [0.29, 0.717) is 0 Å². The number of hydrogen-bond acceptors (Lipinski definition) is 5. The molecule has 5 heteroatoms. The van der Waals surface area contributed by atoms with Crippen molar-refractivity contribution in [3.63, 3.8) is 0 Å². The molecule has 1 aliphatic heterocycles. The van der Waals surface area contributed by atoms with Crippen LogP contribution < -0.4 is 5.32 Å². The fourth-order valence-corrected chi connectivity index (χ4v) is 4.55. The summed E-state index contributed by atoms with van der Waals surface area (Å²) in [7, 11) is 6.69. The van der Waals surface area contributed by atoms with Crippen LogP contribution in [0.2, 0.25) is 0 Å². The van der Waals surface area contributed by atoms with Crippen molar-refractivity contribution in [1.29, 1.82) is 0 Å². The van der Waals surface area contributed by atoms with Gasteiger partial charge in [-0.25, -0.2) is 0 Å². The molecule has 0 bridgehead atoms. The van der Waals surface area contributed by atoms with E-state index in [9.17, 15) is 0 Å². The summed E-state index contributed by atoms with van der Waals surface area (Å²) in [4.78, 5) is 10.4. The largest absolute Gasteiger partial charge is 0.320 e. The van der Waals surface area contributed by atoms with Gasteiger partial charge in [0.2, 0.25) is 0 Å². The fourth-order valence-electron chi connectivity index (χ4n) is 4.55. The van der Waals surface area contributed by atoms with Crippen LogP contribution in [-0.2, 0) is 0 Å². The van der Waals surface area contributed by atoms with Crippen molar-refractivity contribution in [3.8, 4) is 0 Å². The number of nitrogens with one attached hydrogen (secondary N) is 1. The van der Waals surface area contributed by atoms with E-state index in [1.165, 1.54) is 136 Å². The average Bonchev–Trinajstić information content (AvgIpc) is 3.67. The molecule has 1 N–H and O–H groups in total. The van der Waals surface area contributed by atoms with Gasteiger partial charge in [-0.3, -0.25) is 0 Å². The lowest BCUT2D eigenvalue weighted by Gasteiger charge is -2.24. The van der Waals surface area contributed by atoms with Crippen LogP contribution in [0.15, 0.2) is 0 Å². The number of nitrogens with zero attached hydrogens (tertiary/aromatic N) is 4. The molecule has 5 nitrogen and oxygen atoms in total. The van der Waals surface area contributed by atoms with Gasteiger partial charge in [0.1, 0.15) is 0 Å². The van der Waals surface area contributed by atoms with Crippen LogP contribution in [0.25, 0.3) is 0 Å². The van der Waals surface area contributed by atoms with Gasteiger partial charge in [0, 0.05) is 13.1 Å². The molecule has 0 spiro atoms. The molecule has 1 aliphatic carbocycles. The molecule has 2 aliphatic rings. The maximum atomic E-state index is 3.29. The molecule has 2 fully saturated rings. The summed E-state index contributed by atoms with van der Waals surface area (Å²) < 4.78 is 0. The van der Waals surface area contributed by atoms with E-state index in [-0.39, 0.29) is 0 Å². The number of rotatable bonds is 23. The van der Waals surface area contributed by atoms with E-state index >= 15 is 0 Å². The van der Waals surface area contributed by atoms with Crippen molar-refractivity contribution in [3.05, 3.63) is 0 Å². The second kappa shape index (κ2) is 17.3. The molecule has 1 saturated heterocycles. The van der Waals surface area contributed by atoms with Gasteiger partial charge in [-0.1, -0.05) is 12.8 Å². The normalized spacial score (nSPS) is 16.8. The summed E-state index contributed by atoms with van der Waals surface area (Å²) in [6, 6.07) is 0. The summed E-state index contributed by atoms with van der Waals surface area (Å²) in [5.74, 6) is 1.09. The lowest BCUT2D eigenvalue weighted by Crippen LogP contribution is -2.30. The fraction of sp³-hybridized carbons (Fsp3) is 1.00. The lowest BCUT2D eigenvalue weighted by molar-refractivity contribution is 0.238. The molecule has 1 saturated carbocycles. The van der Waals surface area contributed by atoms with Crippen molar-refractivity contribution in [2.45, 2.75) is 70.6 Å².